The SMILES string of the molecule is COc1ccc(OC)c(C2C(C(=O)c3ccc(OC)c(C)c3)C(=O)C(=O)N2Cc2cccnc2)c1. The third kappa shape index (κ3) is 4.47. The zero-order valence-electron chi connectivity index (χ0n) is 20.0. The van der Waals surface area contributed by atoms with E-state index in [2.05, 4.69) is 4.98 Å². The molecule has 2 atom stereocenters. The Kier molecular flexibility index (Phi) is 6.82. The summed E-state index contributed by atoms with van der Waals surface area (Å²) in [5, 5.41) is 0. The van der Waals surface area contributed by atoms with Crippen molar-refractivity contribution >= 4 is 17.5 Å². The molecule has 2 unspecified atom stereocenters. The molecule has 1 aliphatic heterocycles. The van der Waals surface area contributed by atoms with Gasteiger partial charge in [-0.2, -0.15) is 0 Å². The molecule has 180 valence electrons. The molecule has 0 saturated carbocycles. The van der Waals surface area contributed by atoms with E-state index in [1.165, 1.54) is 19.1 Å². The Balaban J connectivity index is 1.85. The molecule has 2 heterocycles. The van der Waals surface area contributed by atoms with Gasteiger partial charge in [-0.15, -0.1) is 0 Å². The molecule has 0 N–H and O–H groups in total. The number of carbonyl (C=O) groups excluding carboxylic acids is 3. The van der Waals surface area contributed by atoms with Gasteiger partial charge in [-0.05, 0) is 60.5 Å². The Morgan fingerprint density at radius 1 is 0.971 bits per heavy atom. The van der Waals surface area contributed by atoms with E-state index < -0.39 is 29.4 Å². The maximum absolute atomic E-state index is 13.8. The highest BCUT2D eigenvalue weighted by Gasteiger charge is 2.52. The number of ketones is 2. The second kappa shape index (κ2) is 9.97. The van der Waals surface area contributed by atoms with Crippen molar-refractivity contribution in [1.29, 1.82) is 0 Å². The summed E-state index contributed by atoms with van der Waals surface area (Å²) in [6.07, 6.45) is 3.25. The van der Waals surface area contributed by atoms with E-state index in [-0.39, 0.29) is 6.54 Å². The summed E-state index contributed by atoms with van der Waals surface area (Å²) in [4.78, 5) is 45.9. The molecule has 0 radical (unpaired) electrons. The van der Waals surface area contributed by atoms with Crippen LogP contribution in [0.15, 0.2) is 60.9 Å². The summed E-state index contributed by atoms with van der Waals surface area (Å²) in [6, 6.07) is 12.7. The van der Waals surface area contributed by atoms with Gasteiger partial charge in [0, 0.05) is 30.1 Å². The summed E-state index contributed by atoms with van der Waals surface area (Å²) >= 11 is 0. The van der Waals surface area contributed by atoms with Gasteiger partial charge >= 0.3 is 0 Å². The number of ether oxygens (including phenoxy) is 3. The van der Waals surface area contributed by atoms with Crippen molar-refractivity contribution in [1.82, 2.24) is 9.88 Å². The number of amides is 1. The van der Waals surface area contributed by atoms with Gasteiger partial charge in [-0.25, -0.2) is 0 Å². The van der Waals surface area contributed by atoms with Crippen molar-refractivity contribution in [2.75, 3.05) is 21.3 Å². The Morgan fingerprint density at radius 3 is 2.34 bits per heavy atom. The third-order valence-electron chi connectivity index (χ3n) is 6.20. The summed E-state index contributed by atoms with van der Waals surface area (Å²) in [5.41, 5.74) is 2.31. The first-order valence-electron chi connectivity index (χ1n) is 11.0. The smallest absolute Gasteiger partial charge is 0.291 e. The number of benzene rings is 2. The monoisotopic (exact) mass is 474 g/mol. The van der Waals surface area contributed by atoms with E-state index >= 15 is 0 Å². The van der Waals surface area contributed by atoms with Crippen molar-refractivity contribution in [3.8, 4) is 17.2 Å². The van der Waals surface area contributed by atoms with Crippen molar-refractivity contribution in [3.63, 3.8) is 0 Å². The number of pyridine rings is 1. The maximum Gasteiger partial charge on any atom is 0.291 e. The number of methoxy groups -OCH3 is 3. The van der Waals surface area contributed by atoms with E-state index in [9.17, 15) is 14.4 Å². The molecule has 8 nitrogen and oxygen atoms in total. The molecule has 1 aromatic heterocycles. The number of nitrogens with zero attached hydrogens (tertiary/aromatic N) is 2. The Labute approximate surface area is 203 Å². The lowest BCUT2D eigenvalue weighted by atomic mass is 9.85. The van der Waals surface area contributed by atoms with Gasteiger partial charge in [0.2, 0.25) is 5.78 Å². The quantitative estimate of drug-likeness (QED) is 0.280. The van der Waals surface area contributed by atoms with Crippen LogP contribution in [0.25, 0.3) is 0 Å². The molecule has 0 aliphatic carbocycles. The van der Waals surface area contributed by atoms with Crippen LogP contribution in [-0.4, -0.2) is 48.7 Å². The second-order valence-corrected chi connectivity index (χ2v) is 8.24. The third-order valence-corrected chi connectivity index (χ3v) is 6.20. The Morgan fingerprint density at radius 2 is 1.71 bits per heavy atom. The van der Waals surface area contributed by atoms with Crippen molar-refractivity contribution < 1.29 is 28.6 Å². The normalized spacial score (nSPS) is 17.4. The summed E-state index contributed by atoms with van der Waals surface area (Å²) in [6.45, 7) is 1.92. The second-order valence-electron chi connectivity index (χ2n) is 8.24. The van der Waals surface area contributed by atoms with Crippen LogP contribution in [0.5, 0.6) is 17.2 Å². The van der Waals surface area contributed by atoms with Crippen LogP contribution in [-0.2, 0) is 16.1 Å². The molecule has 8 heteroatoms. The van der Waals surface area contributed by atoms with Gasteiger partial charge in [-0.3, -0.25) is 19.4 Å². The van der Waals surface area contributed by atoms with Crippen LogP contribution >= 0.6 is 0 Å². The Hall–Kier alpha value is -4.20. The number of rotatable bonds is 8. The van der Waals surface area contributed by atoms with E-state index in [1.807, 2.05) is 13.0 Å². The number of aromatic nitrogens is 1. The minimum atomic E-state index is -1.26. The first-order chi connectivity index (χ1) is 16.9. The fraction of sp³-hybridized carbons (Fsp3) is 0.259. The Bertz CT molecular complexity index is 1270. The molecule has 1 fully saturated rings. The van der Waals surface area contributed by atoms with E-state index in [0.29, 0.717) is 28.4 Å². The maximum atomic E-state index is 13.8. The number of hydrogen-bond donors (Lipinski definition) is 0. The molecule has 0 bridgehead atoms. The average molecular weight is 475 g/mol. The molecule has 35 heavy (non-hydrogen) atoms. The van der Waals surface area contributed by atoms with Gasteiger partial charge in [-0.1, -0.05) is 6.07 Å². The highest BCUT2D eigenvalue weighted by Crippen LogP contribution is 2.44. The van der Waals surface area contributed by atoms with E-state index in [1.54, 1.807) is 62.0 Å². The van der Waals surface area contributed by atoms with Crippen LogP contribution in [0, 0.1) is 12.8 Å². The molecular formula is C27H26N2O6. The van der Waals surface area contributed by atoms with Gasteiger partial charge in [0.25, 0.3) is 5.91 Å². The summed E-state index contributed by atoms with van der Waals surface area (Å²) in [5.74, 6) is -1.61. The molecular weight excluding hydrogens is 448 g/mol. The largest absolute Gasteiger partial charge is 0.497 e. The molecule has 1 amide bonds. The average Bonchev–Trinajstić information content (AvgIpc) is 3.13. The standard InChI is InChI=1S/C27H26N2O6/c1-16-12-18(7-9-21(16)34-3)25(30)23-24(20-13-19(33-2)8-10-22(20)35-4)29(27(32)26(23)31)15-17-6-5-11-28-14-17/h5-14,23-24H,15H2,1-4H3. The number of likely N-dealkylation sites (tertiary alicyclic amines) is 1. The van der Waals surface area contributed by atoms with Gasteiger partial charge in [0.05, 0.1) is 27.4 Å². The zero-order valence-corrected chi connectivity index (χ0v) is 20.0. The van der Waals surface area contributed by atoms with Crippen LogP contribution in [0.1, 0.15) is 33.1 Å². The van der Waals surface area contributed by atoms with E-state index in [0.717, 1.165) is 11.1 Å². The predicted molar refractivity (Wildman–Crippen MR) is 128 cm³/mol. The molecule has 1 aliphatic rings. The molecule has 2 aromatic carbocycles. The lowest BCUT2D eigenvalue weighted by Crippen LogP contribution is -2.30. The number of Topliss-reactive ketones (excluding diaryl/α,β-unsaturated/α-hetero) is 2. The summed E-state index contributed by atoms with van der Waals surface area (Å²) < 4.78 is 16.3. The topological polar surface area (TPSA) is 95.0 Å². The molecule has 0 spiro atoms. The molecule has 1 saturated heterocycles. The van der Waals surface area contributed by atoms with Crippen molar-refractivity contribution in [2.24, 2.45) is 5.92 Å². The van der Waals surface area contributed by atoms with Crippen molar-refractivity contribution in [2.45, 2.75) is 19.5 Å². The lowest BCUT2D eigenvalue weighted by Gasteiger charge is -2.28. The first-order valence-corrected chi connectivity index (χ1v) is 11.0. The minimum Gasteiger partial charge on any atom is -0.497 e. The predicted octanol–water partition coefficient (Wildman–Crippen LogP) is 3.57. The van der Waals surface area contributed by atoms with Crippen LogP contribution in [0.4, 0.5) is 0 Å². The van der Waals surface area contributed by atoms with E-state index in [4.69, 9.17) is 14.2 Å². The fourth-order valence-electron chi connectivity index (χ4n) is 4.47. The highest BCUT2D eigenvalue weighted by atomic mass is 16.5. The highest BCUT2D eigenvalue weighted by molar-refractivity contribution is 6.44. The lowest BCUT2D eigenvalue weighted by molar-refractivity contribution is -0.141. The molecule has 4 rings (SSSR count). The fourth-order valence-corrected chi connectivity index (χ4v) is 4.47. The van der Waals surface area contributed by atoms with Crippen LogP contribution in [0.3, 0.4) is 0 Å². The zero-order chi connectivity index (χ0) is 25.1. The minimum absolute atomic E-state index is 0.106. The van der Waals surface area contributed by atoms with Gasteiger partial charge in [0.1, 0.15) is 23.2 Å². The van der Waals surface area contributed by atoms with Gasteiger partial charge < -0.3 is 19.1 Å². The number of carbonyl (C=O) groups is 3. The summed E-state index contributed by atoms with van der Waals surface area (Å²) in [7, 11) is 4.57. The number of hydrogen-bond acceptors (Lipinski definition) is 7. The van der Waals surface area contributed by atoms with Crippen LogP contribution < -0.4 is 14.2 Å². The first kappa shape index (κ1) is 23.9. The molecule has 3 aromatic rings. The van der Waals surface area contributed by atoms with Crippen LogP contribution in [0.2, 0.25) is 0 Å². The van der Waals surface area contributed by atoms with Gasteiger partial charge in [0.15, 0.2) is 5.78 Å². The number of aryl methyl sites for hydroxylation is 1. The van der Waals surface area contributed by atoms with Crippen molar-refractivity contribution in [3.05, 3.63) is 83.2 Å².